The van der Waals surface area contributed by atoms with Gasteiger partial charge in [0.05, 0.1) is 26.6 Å². The molecule has 4 heterocycles. The van der Waals surface area contributed by atoms with Crippen LogP contribution in [0.1, 0.15) is 93.2 Å². The van der Waals surface area contributed by atoms with E-state index in [2.05, 4.69) is 67.8 Å². The summed E-state index contributed by atoms with van der Waals surface area (Å²) < 4.78 is 5.13. The monoisotopic (exact) mass is 949 g/mol. The van der Waals surface area contributed by atoms with Crippen LogP contribution in [0.3, 0.4) is 0 Å². The van der Waals surface area contributed by atoms with Gasteiger partial charge in [0.2, 0.25) is 0 Å². The number of aryl methyl sites for hydroxylation is 1. The SMILES string of the molecule is CC(C)(C)OC(=O)NCc1ccc(CN)cc1.CCc1ccc(CNC(=O)c2ccnc(Cc3ccc4ncc(Cl)cc4c3)c2)cc1.O=C(O)c1ccnc(Cc2ccc3ncc(Cl)cc3c2)c1. The van der Waals surface area contributed by atoms with Crippen LogP contribution in [0.15, 0.2) is 146 Å². The third-order valence-corrected chi connectivity index (χ3v) is 10.7. The molecule has 4 aromatic heterocycles. The number of pyridine rings is 4. The van der Waals surface area contributed by atoms with Gasteiger partial charge in [0.15, 0.2) is 0 Å². The highest BCUT2D eigenvalue weighted by molar-refractivity contribution is 6.31. The summed E-state index contributed by atoms with van der Waals surface area (Å²) in [7, 11) is 0. The summed E-state index contributed by atoms with van der Waals surface area (Å²) in [4.78, 5) is 52.2. The second-order valence-corrected chi connectivity index (χ2v) is 17.7. The molecule has 0 unspecified atom stereocenters. The number of aromatic nitrogens is 4. The minimum atomic E-state index is -0.951. The second-order valence-electron chi connectivity index (χ2n) is 16.8. The Balaban J connectivity index is 0.000000176. The summed E-state index contributed by atoms with van der Waals surface area (Å²) in [6, 6.07) is 38.4. The van der Waals surface area contributed by atoms with Crippen molar-refractivity contribution in [1.82, 2.24) is 30.6 Å². The minimum Gasteiger partial charge on any atom is -0.478 e. The largest absolute Gasteiger partial charge is 0.478 e. The van der Waals surface area contributed by atoms with Crippen molar-refractivity contribution >= 4 is 63.0 Å². The molecule has 14 heteroatoms. The molecule has 68 heavy (non-hydrogen) atoms. The highest BCUT2D eigenvalue weighted by atomic mass is 35.5. The van der Waals surface area contributed by atoms with Crippen LogP contribution in [0, 0.1) is 0 Å². The smallest absolute Gasteiger partial charge is 0.407 e. The van der Waals surface area contributed by atoms with E-state index in [4.69, 9.17) is 38.8 Å². The molecule has 0 saturated heterocycles. The number of aromatic carboxylic acids is 1. The van der Waals surface area contributed by atoms with Gasteiger partial charge in [-0.2, -0.15) is 0 Å². The molecular weight excluding hydrogens is 898 g/mol. The number of nitrogens with two attached hydrogens (primary N) is 1. The molecule has 8 aromatic rings. The van der Waals surface area contributed by atoms with Gasteiger partial charge in [0.25, 0.3) is 5.91 Å². The highest BCUT2D eigenvalue weighted by Gasteiger charge is 2.16. The van der Waals surface area contributed by atoms with Gasteiger partial charge in [-0.25, -0.2) is 9.59 Å². The van der Waals surface area contributed by atoms with Crippen molar-refractivity contribution in [1.29, 1.82) is 0 Å². The first kappa shape index (κ1) is 50.2. The molecule has 5 N–H and O–H groups in total. The zero-order valence-corrected chi connectivity index (χ0v) is 39.8. The van der Waals surface area contributed by atoms with Crippen molar-refractivity contribution in [3.8, 4) is 0 Å². The summed E-state index contributed by atoms with van der Waals surface area (Å²) in [5.41, 5.74) is 15.8. The first-order valence-corrected chi connectivity index (χ1v) is 22.7. The molecule has 0 spiro atoms. The average molecular weight is 951 g/mol. The van der Waals surface area contributed by atoms with Crippen molar-refractivity contribution in [3.05, 3.63) is 212 Å². The summed E-state index contributed by atoms with van der Waals surface area (Å²) >= 11 is 12.0. The Labute approximate surface area is 406 Å². The lowest BCUT2D eigenvalue weighted by Gasteiger charge is -2.19. The van der Waals surface area contributed by atoms with Crippen molar-refractivity contribution < 1.29 is 24.2 Å². The van der Waals surface area contributed by atoms with Gasteiger partial charge in [0.1, 0.15) is 5.60 Å². The quantitative estimate of drug-likeness (QED) is 0.0920. The number of benzene rings is 4. The number of rotatable bonds is 12. The number of ether oxygens (including phenoxy) is 1. The highest BCUT2D eigenvalue weighted by Crippen LogP contribution is 2.22. The van der Waals surface area contributed by atoms with E-state index in [1.807, 2.05) is 93.6 Å². The molecular formula is C54H53Cl2N7O5. The van der Waals surface area contributed by atoms with Gasteiger partial charge >= 0.3 is 12.1 Å². The Hall–Kier alpha value is -7.25. The Morgan fingerprint density at radius 3 is 1.53 bits per heavy atom. The van der Waals surface area contributed by atoms with Crippen LogP contribution in [0.5, 0.6) is 0 Å². The maximum absolute atomic E-state index is 12.6. The van der Waals surface area contributed by atoms with Gasteiger partial charge < -0.3 is 26.2 Å². The maximum atomic E-state index is 12.6. The molecule has 12 nitrogen and oxygen atoms in total. The van der Waals surface area contributed by atoms with Crippen LogP contribution < -0.4 is 16.4 Å². The molecule has 0 aliphatic heterocycles. The molecule has 0 radical (unpaired) electrons. The predicted molar refractivity (Wildman–Crippen MR) is 269 cm³/mol. The number of nitrogens with zero attached hydrogens (tertiary/aromatic N) is 4. The van der Waals surface area contributed by atoms with Crippen LogP contribution in [0.25, 0.3) is 21.8 Å². The first-order chi connectivity index (χ1) is 32.6. The fraction of sp³-hybridized carbons (Fsp3) is 0.204. The van der Waals surface area contributed by atoms with E-state index in [0.717, 1.165) is 61.7 Å². The van der Waals surface area contributed by atoms with Crippen LogP contribution in [-0.4, -0.2) is 48.6 Å². The lowest BCUT2D eigenvalue weighted by molar-refractivity contribution is 0.0522. The van der Waals surface area contributed by atoms with E-state index >= 15 is 0 Å². The number of alkyl carbamates (subject to hydrolysis) is 1. The number of hydrogen-bond acceptors (Lipinski definition) is 9. The van der Waals surface area contributed by atoms with Gasteiger partial charge in [-0.3, -0.25) is 24.7 Å². The number of carboxylic acids is 1. The zero-order chi connectivity index (χ0) is 48.6. The number of halogens is 2. The molecule has 0 aliphatic rings. The third-order valence-electron chi connectivity index (χ3n) is 10.3. The fourth-order valence-electron chi connectivity index (χ4n) is 6.83. The normalized spacial score (nSPS) is 10.9. The number of carboxylic acid groups (broad SMARTS) is 1. The Morgan fingerprint density at radius 2 is 1.04 bits per heavy atom. The van der Waals surface area contributed by atoms with Crippen LogP contribution in [-0.2, 0) is 43.6 Å². The number of amides is 2. The lowest BCUT2D eigenvalue weighted by Crippen LogP contribution is -2.32. The molecule has 2 amide bonds. The van der Waals surface area contributed by atoms with Gasteiger partial charge in [-0.15, -0.1) is 0 Å². The summed E-state index contributed by atoms with van der Waals surface area (Å²) in [6.07, 6.45) is 8.24. The number of nitrogens with one attached hydrogen (secondary N) is 2. The predicted octanol–water partition coefficient (Wildman–Crippen LogP) is 11.1. The van der Waals surface area contributed by atoms with Gasteiger partial charge in [0, 0.05) is 85.0 Å². The topological polar surface area (TPSA) is 182 Å². The Kier molecular flexibility index (Phi) is 17.7. The molecule has 0 aliphatic carbocycles. The number of hydrogen-bond donors (Lipinski definition) is 4. The van der Waals surface area contributed by atoms with Gasteiger partial charge in [-0.1, -0.05) is 90.8 Å². The van der Waals surface area contributed by atoms with Crippen molar-refractivity contribution in [2.24, 2.45) is 5.73 Å². The van der Waals surface area contributed by atoms with Gasteiger partial charge in [-0.05, 0) is 121 Å². The van der Waals surface area contributed by atoms with Crippen LogP contribution >= 0.6 is 23.2 Å². The lowest BCUT2D eigenvalue weighted by atomic mass is 10.0. The maximum Gasteiger partial charge on any atom is 0.407 e. The van der Waals surface area contributed by atoms with E-state index in [0.29, 0.717) is 53.8 Å². The Bertz CT molecular complexity index is 3000. The van der Waals surface area contributed by atoms with E-state index in [-0.39, 0.29) is 11.5 Å². The van der Waals surface area contributed by atoms with Crippen LogP contribution in [0.2, 0.25) is 10.0 Å². The van der Waals surface area contributed by atoms with E-state index in [1.165, 1.54) is 17.8 Å². The second kappa shape index (κ2) is 24.0. The fourth-order valence-corrected chi connectivity index (χ4v) is 7.16. The summed E-state index contributed by atoms with van der Waals surface area (Å²) in [6.45, 7) is 9.12. The number of fused-ring (bicyclic) bond motifs is 2. The Morgan fingerprint density at radius 1 is 0.588 bits per heavy atom. The van der Waals surface area contributed by atoms with Crippen LogP contribution in [0.4, 0.5) is 4.79 Å². The van der Waals surface area contributed by atoms with Crippen molar-refractivity contribution in [2.45, 2.75) is 72.2 Å². The molecule has 8 rings (SSSR count). The number of carbonyl (C=O) groups is 3. The average Bonchev–Trinajstić information content (AvgIpc) is 3.32. The van der Waals surface area contributed by atoms with Crippen molar-refractivity contribution in [3.63, 3.8) is 0 Å². The molecule has 348 valence electrons. The zero-order valence-electron chi connectivity index (χ0n) is 38.3. The first-order valence-electron chi connectivity index (χ1n) is 21.9. The molecule has 0 fully saturated rings. The summed E-state index contributed by atoms with van der Waals surface area (Å²) in [5, 5.41) is 17.8. The molecule has 0 saturated carbocycles. The molecule has 0 bridgehead atoms. The molecule has 0 atom stereocenters. The van der Waals surface area contributed by atoms with E-state index in [9.17, 15) is 14.4 Å². The van der Waals surface area contributed by atoms with E-state index < -0.39 is 17.7 Å². The number of carbonyl (C=O) groups excluding carboxylic acids is 2. The minimum absolute atomic E-state index is 0.104. The van der Waals surface area contributed by atoms with E-state index in [1.54, 1.807) is 30.7 Å². The molecule has 4 aromatic carbocycles. The van der Waals surface area contributed by atoms with Crippen molar-refractivity contribution in [2.75, 3.05) is 0 Å². The third kappa shape index (κ3) is 15.7. The standard InChI is InChI=1S/C25H22ClN3O.C16H11ClN2O2.C13H20N2O2/c1-2-17-3-5-18(6-4-17)15-29-25(30)20-9-10-27-23(14-20)12-19-7-8-24-21(11-19)13-22(26)16-28-24;17-13-7-12-5-10(1-2-15(12)19-9-13)6-14-8-11(16(20)21)3-4-18-14;1-13(2,3)17-12(16)15-9-11-6-4-10(8-14)5-7-11/h3-11,13-14,16H,2,12,15H2,1H3,(H,29,30);1-5,7-9H,6H2,(H,20,21);4-7H,8-9,14H2,1-3H3,(H,15,16). The summed E-state index contributed by atoms with van der Waals surface area (Å²) in [5.74, 6) is -1.05.